The molecule has 35 heavy (non-hydrogen) atoms. The maximum atomic E-state index is 13.0. The average Bonchev–Trinajstić information content (AvgIpc) is 3.27. The van der Waals surface area contributed by atoms with Gasteiger partial charge in [-0.1, -0.05) is 34.1 Å². The highest BCUT2D eigenvalue weighted by Gasteiger charge is 2.33. The number of aromatic nitrogens is 2. The first kappa shape index (κ1) is 29.6. The van der Waals surface area contributed by atoms with Gasteiger partial charge < -0.3 is 36.9 Å². The van der Waals surface area contributed by atoms with Crippen LogP contribution in [0.3, 0.4) is 0 Å². The predicted octanol–water partition coefficient (Wildman–Crippen LogP) is -0.615. The Bertz CT molecular complexity index is 874. The van der Waals surface area contributed by atoms with Gasteiger partial charge in [-0.3, -0.25) is 19.2 Å². The Labute approximate surface area is 203 Å². The molecule has 13 heteroatoms. The van der Waals surface area contributed by atoms with Crippen molar-refractivity contribution in [3.8, 4) is 0 Å². The Morgan fingerprint density at radius 1 is 1.00 bits per heavy atom. The van der Waals surface area contributed by atoms with Crippen molar-refractivity contribution < 1.29 is 34.2 Å². The summed E-state index contributed by atoms with van der Waals surface area (Å²) in [4.78, 5) is 67.9. The summed E-state index contributed by atoms with van der Waals surface area (Å²) in [5.41, 5.74) is 6.33. The summed E-state index contributed by atoms with van der Waals surface area (Å²) in [6.45, 7) is 7.18. The van der Waals surface area contributed by atoms with Crippen LogP contribution in [0.5, 0.6) is 0 Å². The molecule has 0 aromatic carbocycles. The topological polar surface area (TPSA) is 217 Å². The average molecular weight is 497 g/mol. The third-order valence-electron chi connectivity index (χ3n) is 5.46. The van der Waals surface area contributed by atoms with Crippen LogP contribution < -0.4 is 21.7 Å². The van der Waals surface area contributed by atoms with Crippen molar-refractivity contribution in [3.63, 3.8) is 0 Å². The van der Waals surface area contributed by atoms with Gasteiger partial charge in [0.1, 0.15) is 18.1 Å². The molecule has 8 N–H and O–H groups in total. The van der Waals surface area contributed by atoms with Crippen molar-refractivity contribution in [2.75, 3.05) is 0 Å². The minimum atomic E-state index is -1.47. The first-order chi connectivity index (χ1) is 16.3. The number of nitrogens with one attached hydrogen (secondary N) is 4. The van der Waals surface area contributed by atoms with E-state index in [2.05, 4.69) is 25.9 Å². The number of carbonyl (C=O) groups excluding carboxylic acids is 3. The Kier molecular flexibility index (Phi) is 11.9. The molecule has 0 saturated heterocycles. The van der Waals surface area contributed by atoms with Crippen LogP contribution in [0, 0.1) is 11.8 Å². The Balaban J connectivity index is 3.00. The largest absolute Gasteiger partial charge is 0.481 e. The minimum Gasteiger partial charge on any atom is -0.481 e. The second kappa shape index (κ2) is 14.0. The number of hydrogen-bond acceptors (Lipinski definition) is 7. The van der Waals surface area contributed by atoms with E-state index in [1.54, 1.807) is 13.8 Å². The van der Waals surface area contributed by atoms with Crippen molar-refractivity contribution in [3.05, 3.63) is 18.2 Å². The maximum absolute atomic E-state index is 13.0. The number of rotatable bonds is 15. The van der Waals surface area contributed by atoms with Crippen molar-refractivity contribution >= 4 is 29.7 Å². The lowest BCUT2D eigenvalue weighted by Crippen LogP contribution is -2.59. The Hall–Kier alpha value is -3.48. The molecule has 0 aliphatic carbocycles. The van der Waals surface area contributed by atoms with Crippen molar-refractivity contribution in [1.29, 1.82) is 0 Å². The molecule has 0 spiro atoms. The van der Waals surface area contributed by atoms with E-state index in [-0.39, 0.29) is 12.3 Å². The zero-order chi connectivity index (χ0) is 26.7. The lowest BCUT2D eigenvalue weighted by molar-refractivity contribution is -0.143. The highest BCUT2D eigenvalue weighted by Crippen LogP contribution is 2.11. The highest BCUT2D eigenvalue weighted by atomic mass is 16.4. The monoisotopic (exact) mass is 496 g/mol. The summed E-state index contributed by atoms with van der Waals surface area (Å²) in [6, 6.07) is -4.88. The van der Waals surface area contributed by atoms with E-state index in [9.17, 15) is 34.2 Å². The number of H-pyrrole nitrogens is 1. The molecule has 0 aliphatic heterocycles. The standard InChI is InChI=1S/C22H36N6O7/c1-5-12(4)18(21(33)27-16(22(34)35)7-13-9-24-10-25-13)28-20(32)15(8-17(29)30)26-19(31)14(23)6-11(2)3/h9-12,14-16,18H,5-8,23H2,1-4H3,(H,24,25)(H,26,31)(H,27,33)(H,28,32)(H,29,30)(H,34,35). The molecule has 0 saturated carbocycles. The fourth-order valence-electron chi connectivity index (χ4n) is 3.31. The molecule has 3 amide bonds. The van der Waals surface area contributed by atoms with Gasteiger partial charge in [-0.05, 0) is 18.3 Å². The first-order valence-corrected chi connectivity index (χ1v) is 11.4. The van der Waals surface area contributed by atoms with E-state index >= 15 is 0 Å². The molecule has 0 radical (unpaired) electrons. The molecular formula is C22H36N6O7. The number of carboxylic acid groups (broad SMARTS) is 2. The zero-order valence-corrected chi connectivity index (χ0v) is 20.4. The van der Waals surface area contributed by atoms with Gasteiger partial charge in [-0.15, -0.1) is 0 Å². The lowest BCUT2D eigenvalue weighted by atomic mass is 9.97. The van der Waals surface area contributed by atoms with Gasteiger partial charge >= 0.3 is 11.9 Å². The Morgan fingerprint density at radius 2 is 1.63 bits per heavy atom. The van der Waals surface area contributed by atoms with Crippen LogP contribution in [-0.2, 0) is 30.4 Å². The van der Waals surface area contributed by atoms with E-state index in [0.717, 1.165) is 0 Å². The third kappa shape index (κ3) is 10.1. The van der Waals surface area contributed by atoms with Crippen LogP contribution >= 0.6 is 0 Å². The van der Waals surface area contributed by atoms with E-state index in [1.807, 2.05) is 13.8 Å². The number of hydrogen-bond donors (Lipinski definition) is 7. The molecule has 0 aliphatic rings. The second-order valence-electron chi connectivity index (χ2n) is 8.95. The molecule has 1 heterocycles. The molecule has 13 nitrogen and oxygen atoms in total. The van der Waals surface area contributed by atoms with E-state index in [0.29, 0.717) is 18.5 Å². The maximum Gasteiger partial charge on any atom is 0.326 e. The highest BCUT2D eigenvalue weighted by molar-refractivity contribution is 5.95. The predicted molar refractivity (Wildman–Crippen MR) is 125 cm³/mol. The first-order valence-electron chi connectivity index (χ1n) is 11.4. The summed E-state index contributed by atoms with van der Waals surface area (Å²) in [6.07, 6.45) is 2.80. The van der Waals surface area contributed by atoms with E-state index in [1.165, 1.54) is 12.5 Å². The number of carbonyl (C=O) groups is 5. The minimum absolute atomic E-state index is 0.0618. The van der Waals surface area contributed by atoms with Crippen molar-refractivity contribution in [2.24, 2.45) is 17.6 Å². The zero-order valence-electron chi connectivity index (χ0n) is 20.4. The summed E-state index contributed by atoms with van der Waals surface area (Å²) >= 11 is 0. The summed E-state index contributed by atoms with van der Waals surface area (Å²) < 4.78 is 0. The van der Waals surface area contributed by atoms with Gasteiger partial charge in [0.05, 0.1) is 18.8 Å². The number of amides is 3. The van der Waals surface area contributed by atoms with Crippen LogP contribution in [0.4, 0.5) is 0 Å². The molecule has 0 fully saturated rings. The lowest BCUT2D eigenvalue weighted by Gasteiger charge is -2.27. The van der Waals surface area contributed by atoms with Gasteiger partial charge in [0.25, 0.3) is 0 Å². The van der Waals surface area contributed by atoms with Gasteiger partial charge in [-0.2, -0.15) is 0 Å². The van der Waals surface area contributed by atoms with Crippen LogP contribution in [0.2, 0.25) is 0 Å². The SMILES string of the molecule is CCC(C)C(NC(=O)C(CC(=O)O)NC(=O)C(N)CC(C)C)C(=O)NC(Cc1cnc[nH]1)C(=O)O. The number of imidazole rings is 1. The van der Waals surface area contributed by atoms with E-state index < -0.39 is 66.2 Å². The molecule has 196 valence electrons. The summed E-state index contributed by atoms with van der Waals surface area (Å²) in [5, 5.41) is 26.0. The molecule has 5 atom stereocenters. The number of aromatic amines is 1. The number of nitrogens with two attached hydrogens (primary N) is 1. The molecule has 1 rings (SSSR count). The van der Waals surface area contributed by atoms with E-state index in [4.69, 9.17) is 5.73 Å². The fraction of sp³-hybridized carbons (Fsp3) is 0.636. The molecular weight excluding hydrogens is 460 g/mol. The second-order valence-corrected chi connectivity index (χ2v) is 8.95. The number of carboxylic acids is 2. The van der Waals surface area contributed by atoms with Crippen LogP contribution in [0.15, 0.2) is 12.5 Å². The Morgan fingerprint density at radius 3 is 2.11 bits per heavy atom. The van der Waals surface area contributed by atoms with Crippen LogP contribution in [-0.4, -0.2) is 74.0 Å². The van der Waals surface area contributed by atoms with Gasteiger partial charge in [0.15, 0.2) is 0 Å². The van der Waals surface area contributed by atoms with Crippen LogP contribution in [0.25, 0.3) is 0 Å². The fourth-order valence-corrected chi connectivity index (χ4v) is 3.31. The van der Waals surface area contributed by atoms with Gasteiger partial charge in [0.2, 0.25) is 17.7 Å². The molecule has 5 unspecified atom stereocenters. The number of nitrogens with zero attached hydrogens (tertiary/aromatic N) is 1. The molecule has 1 aromatic rings. The summed E-state index contributed by atoms with van der Waals surface area (Å²) in [7, 11) is 0. The van der Waals surface area contributed by atoms with Crippen molar-refractivity contribution in [1.82, 2.24) is 25.9 Å². The molecule has 1 aromatic heterocycles. The van der Waals surface area contributed by atoms with Crippen molar-refractivity contribution in [2.45, 2.75) is 77.5 Å². The molecule has 0 bridgehead atoms. The smallest absolute Gasteiger partial charge is 0.326 e. The van der Waals surface area contributed by atoms with Crippen LogP contribution in [0.1, 0.15) is 52.7 Å². The normalized spacial score (nSPS) is 15.4. The summed E-state index contributed by atoms with van der Waals surface area (Å²) in [5.74, 6) is -5.27. The van der Waals surface area contributed by atoms with Gasteiger partial charge in [-0.25, -0.2) is 9.78 Å². The van der Waals surface area contributed by atoms with Gasteiger partial charge in [0, 0.05) is 18.3 Å². The quantitative estimate of drug-likeness (QED) is 0.164. The number of aliphatic carboxylic acids is 2. The third-order valence-corrected chi connectivity index (χ3v) is 5.46.